The van der Waals surface area contributed by atoms with E-state index in [2.05, 4.69) is 0 Å². The number of aliphatic carboxylic acids is 1. The van der Waals surface area contributed by atoms with Gasteiger partial charge in [-0.1, -0.05) is 6.92 Å². The lowest BCUT2D eigenvalue weighted by Gasteiger charge is -2.17. The minimum Gasteiger partial charge on any atom is -0.481 e. The Kier molecular flexibility index (Phi) is 4.45. The number of ether oxygens (including phenoxy) is 1. The number of carboxylic acid groups (broad SMARTS) is 1. The maximum Gasteiger partial charge on any atom is 0.309 e. The molecule has 0 aromatic heterocycles. The molecule has 0 unspecified atom stereocenters. The molecule has 4 nitrogen and oxygen atoms in total. The molecule has 0 aromatic carbocycles. The Morgan fingerprint density at radius 3 is 2.31 bits per heavy atom. The van der Waals surface area contributed by atoms with Crippen molar-refractivity contribution < 1.29 is 19.4 Å². The van der Waals surface area contributed by atoms with Crippen molar-refractivity contribution in [2.45, 2.75) is 33.6 Å². The van der Waals surface area contributed by atoms with Crippen LogP contribution in [0, 0.1) is 5.41 Å². The third-order valence-corrected chi connectivity index (χ3v) is 1.63. The van der Waals surface area contributed by atoms with Crippen LogP contribution in [0.1, 0.15) is 33.6 Å². The van der Waals surface area contributed by atoms with E-state index in [9.17, 15) is 9.59 Å². The van der Waals surface area contributed by atoms with Gasteiger partial charge in [0.15, 0.2) is 0 Å². The summed E-state index contributed by atoms with van der Waals surface area (Å²) in [6, 6.07) is 0. The fourth-order valence-corrected chi connectivity index (χ4v) is 0.703. The fourth-order valence-electron chi connectivity index (χ4n) is 0.703. The highest BCUT2D eigenvalue weighted by atomic mass is 16.5. The van der Waals surface area contributed by atoms with Gasteiger partial charge in [0, 0.05) is 0 Å². The molecule has 0 saturated carbocycles. The lowest BCUT2D eigenvalue weighted by molar-refractivity contribution is -0.156. The van der Waals surface area contributed by atoms with Gasteiger partial charge in [-0.3, -0.25) is 9.59 Å². The van der Waals surface area contributed by atoms with Crippen LogP contribution in [0.5, 0.6) is 0 Å². The highest BCUT2D eigenvalue weighted by molar-refractivity contribution is 5.81. The maximum atomic E-state index is 11.0. The van der Waals surface area contributed by atoms with E-state index in [4.69, 9.17) is 9.84 Å². The van der Waals surface area contributed by atoms with Gasteiger partial charge in [-0.15, -0.1) is 0 Å². The number of carbonyl (C=O) groups is 2. The second-order valence-electron chi connectivity index (χ2n) is 3.59. The molecule has 4 heteroatoms. The smallest absolute Gasteiger partial charge is 0.309 e. The van der Waals surface area contributed by atoms with E-state index in [0.29, 0.717) is 6.61 Å². The Bertz CT molecular complexity index is 196. The van der Waals surface area contributed by atoms with E-state index >= 15 is 0 Å². The van der Waals surface area contributed by atoms with Crippen molar-refractivity contribution >= 4 is 11.9 Å². The molecule has 0 aromatic rings. The van der Waals surface area contributed by atoms with Gasteiger partial charge in [0.25, 0.3) is 0 Å². The molecular formula is C9H16O4. The van der Waals surface area contributed by atoms with Crippen molar-refractivity contribution in [1.29, 1.82) is 0 Å². The number of esters is 1. The first-order chi connectivity index (χ1) is 5.90. The second kappa shape index (κ2) is 4.84. The standard InChI is InChI=1S/C9H16O4/c1-4-5-13-7(10)6-9(2,3)8(11)12/h4-6H2,1-3H3,(H,11,12). The summed E-state index contributed by atoms with van der Waals surface area (Å²) in [5.41, 5.74) is -1.04. The third-order valence-electron chi connectivity index (χ3n) is 1.63. The van der Waals surface area contributed by atoms with Gasteiger partial charge in [0.05, 0.1) is 18.4 Å². The molecule has 0 aliphatic carbocycles. The largest absolute Gasteiger partial charge is 0.481 e. The summed E-state index contributed by atoms with van der Waals surface area (Å²) in [5, 5.41) is 8.71. The Balaban J connectivity index is 3.97. The van der Waals surface area contributed by atoms with Crippen molar-refractivity contribution in [2.24, 2.45) is 5.41 Å². The van der Waals surface area contributed by atoms with Crippen LogP contribution < -0.4 is 0 Å². The summed E-state index contributed by atoms with van der Waals surface area (Å²) in [6.45, 7) is 5.25. The predicted molar refractivity (Wildman–Crippen MR) is 47.3 cm³/mol. The van der Waals surface area contributed by atoms with Gasteiger partial charge in [0.2, 0.25) is 0 Å². The van der Waals surface area contributed by atoms with Crippen molar-refractivity contribution in [3.8, 4) is 0 Å². The Morgan fingerprint density at radius 2 is 1.92 bits per heavy atom. The van der Waals surface area contributed by atoms with E-state index < -0.39 is 17.4 Å². The molecule has 0 aliphatic heterocycles. The maximum absolute atomic E-state index is 11.0. The highest BCUT2D eigenvalue weighted by Gasteiger charge is 2.30. The summed E-state index contributed by atoms with van der Waals surface area (Å²) in [4.78, 5) is 21.7. The first kappa shape index (κ1) is 11.9. The van der Waals surface area contributed by atoms with Crippen molar-refractivity contribution in [2.75, 3.05) is 6.61 Å². The van der Waals surface area contributed by atoms with Crippen molar-refractivity contribution in [3.05, 3.63) is 0 Å². The number of carboxylic acids is 1. The SMILES string of the molecule is CCCOC(=O)CC(C)(C)C(=O)O. The molecule has 0 spiro atoms. The monoisotopic (exact) mass is 188 g/mol. The summed E-state index contributed by atoms with van der Waals surface area (Å²) >= 11 is 0. The van der Waals surface area contributed by atoms with Crippen LogP contribution in [0.3, 0.4) is 0 Å². The van der Waals surface area contributed by atoms with Crippen molar-refractivity contribution in [1.82, 2.24) is 0 Å². The van der Waals surface area contributed by atoms with Crippen LogP contribution in [-0.4, -0.2) is 23.7 Å². The van der Waals surface area contributed by atoms with Gasteiger partial charge < -0.3 is 9.84 Å². The average Bonchev–Trinajstić information content (AvgIpc) is 1.99. The molecule has 0 heterocycles. The first-order valence-electron chi connectivity index (χ1n) is 4.29. The average molecular weight is 188 g/mol. The summed E-state index contributed by atoms with van der Waals surface area (Å²) in [6.07, 6.45) is 0.668. The number of carbonyl (C=O) groups excluding carboxylic acids is 1. The van der Waals surface area contributed by atoms with Crippen LogP contribution in [0.2, 0.25) is 0 Å². The second-order valence-corrected chi connectivity index (χ2v) is 3.59. The van der Waals surface area contributed by atoms with Crippen LogP contribution in [0.4, 0.5) is 0 Å². The zero-order valence-electron chi connectivity index (χ0n) is 8.29. The molecule has 0 radical (unpaired) electrons. The molecule has 0 rings (SSSR count). The minimum absolute atomic E-state index is 0.0810. The van der Waals surface area contributed by atoms with Crippen molar-refractivity contribution in [3.63, 3.8) is 0 Å². The molecule has 1 N–H and O–H groups in total. The van der Waals surface area contributed by atoms with Crippen LogP contribution in [-0.2, 0) is 14.3 Å². The highest BCUT2D eigenvalue weighted by Crippen LogP contribution is 2.20. The quantitative estimate of drug-likeness (QED) is 0.663. The Labute approximate surface area is 77.9 Å². The summed E-state index contributed by atoms with van der Waals surface area (Å²) in [5.74, 6) is -1.44. The Hall–Kier alpha value is -1.06. The Morgan fingerprint density at radius 1 is 1.38 bits per heavy atom. The van der Waals surface area contributed by atoms with E-state index in [0.717, 1.165) is 6.42 Å². The molecule has 0 bridgehead atoms. The normalized spacial score (nSPS) is 11.0. The molecule has 0 aliphatic rings. The fraction of sp³-hybridized carbons (Fsp3) is 0.778. The predicted octanol–water partition coefficient (Wildman–Crippen LogP) is 1.44. The molecule has 0 atom stereocenters. The van der Waals surface area contributed by atoms with Crippen LogP contribution in [0.25, 0.3) is 0 Å². The molecule has 76 valence electrons. The topological polar surface area (TPSA) is 63.6 Å². The first-order valence-corrected chi connectivity index (χ1v) is 4.29. The third kappa shape index (κ3) is 4.50. The minimum atomic E-state index is -1.04. The van der Waals surface area contributed by atoms with Gasteiger partial charge >= 0.3 is 11.9 Å². The zero-order chi connectivity index (χ0) is 10.5. The number of rotatable bonds is 5. The van der Waals surface area contributed by atoms with E-state index in [1.54, 1.807) is 0 Å². The van der Waals surface area contributed by atoms with E-state index in [1.807, 2.05) is 6.92 Å². The zero-order valence-corrected chi connectivity index (χ0v) is 8.29. The summed E-state index contributed by atoms with van der Waals surface area (Å²) < 4.78 is 4.77. The lowest BCUT2D eigenvalue weighted by atomic mass is 9.90. The molecule has 0 saturated heterocycles. The summed E-state index contributed by atoms with van der Waals surface area (Å²) in [7, 11) is 0. The van der Waals surface area contributed by atoms with E-state index in [-0.39, 0.29) is 6.42 Å². The molecule has 0 amide bonds. The molecule has 0 fully saturated rings. The van der Waals surface area contributed by atoms with Gasteiger partial charge in [-0.05, 0) is 20.3 Å². The van der Waals surface area contributed by atoms with Gasteiger partial charge in [0.1, 0.15) is 0 Å². The number of hydrogen-bond donors (Lipinski definition) is 1. The van der Waals surface area contributed by atoms with Gasteiger partial charge in [-0.2, -0.15) is 0 Å². The molecular weight excluding hydrogens is 172 g/mol. The van der Waals surface area contributed by atoms with E-state index in [1.165, 1.54) is 13.8 Å². The number of hydrogen-bond acceptors (Lipinski definition) is 3. The lowest BCUT2D eigenvalue weighted by Crippen LogP contribution is -2.27. The molecule has 13 heavy (non-hydrogen) atoms. The van der Waals surface area contributed by atoms with Crippen LogP contribution >= 0.6 is 0 Å². The van der Waals surface area contributed by atoms with Crippen LogP contribution in [0.15, 0.2) is 0 Å². The van der Waals surface area contributed by atoms with Gasteiger partial charge in [-0.25, -0.2) is 0 Å².